The lowest BCUT2D eigenvalue weighted by Gasteiger charge is -2.17. The minimum atomic E-state index is -0.223. The number of hydrogen-bond acceptors (Lipinski definition) is 4. The van der Waals surface area contributed by atoms with Crippen molar-refractivity contribution in [3.05, 3.63) is 81.9 Å². The van der Waals surface area contributed by atoms with Gasteiger partial charge in [-0.05, 0) is 54.2 Å². The summed E-state index contributed by atoms with van der Waals surface area (Å²) >= 11 is 6.56. The molecule has 0 amide bonds. The summed E-state index contributed by atoms with van der Waals surface area (Å²) < 4.78 is 17.0. The van der Waals surface area contributed by atoms with E-state index in [0.717, 1.165) is 40.5 Å². The third-order valence-electron chi connectivity index (χ3n) is 6.49. The van der Waals surface area contributed by atoms with Gasteiger partial charge in [-0.3, -0.25) is 4.79 Å². The summed E-state index contributed by atoms with van der Waals surface area (Å²) in [6.07, 6.45) is 2.17. The van der Waals surface area contributed by atoms with Crippen LogP contribution in [0.1, 0.15) is 47.1 Å². The van der Waals surface area contributed by atoms with Gasteiger partial charge in [0.25, 0.3) is 0 Å². The van der Waals surface area contributed by atoms with E-state index in [1.54, 1.807) is 0 Å². The summed E-state index contributed by atoms with van der Waals surface area (Å²) in [7, 11) is 1.41. The number of fused-ring (bicyclic) bond motifs is 2. The zero-order valence-electron chi connectivity index (χ0n) is 18.2. The van der Waals surface area contributed by atoms with Crippen LogP contribution in [0.2, 0.25) is 5.02 Å². The molecule has 3 aromatic carbocycles. The maximum atomic E-state index is 11.7. The average Bonchev–Trinajstić information content (AvgIpc) is 3.38. The molecule has 3 aromatic rings. The number of aryl methyl sites for hydroxylation is 1. The Morgan fingerprint density at radius 2 is 1.97 bits per heavy atom. The first kappa shape index (κ1) is 20.9. The molecule has 1 heterocycles. The van der Waals surface area contributed by atoms with Gasteiger partial charge in [0.2, 0.25) is 0 Å². The first-order valence-electron chi connectivity index (χ1n) is 10.9. The molecule has 0 bridgehead atoms. The second-order valence-electron chi connectivity index (χ2n) is 8.44. The van der Waals surface area contributed by atoms with Gasteiger partial charge in [0, 0.05) is 28.1 Å². The van der Waals surface area contributed by atoms with E-state index >= 15 is 0 Å². The van der Waals surface area contributed by atoms with Crippen molar-refractivity contribution in [2.75, 3.05) is 13.7 Å². The van der Waals surface area contributed by atoms with Crippen LogP contribution in [0.25, 0.3) is 11.1 Å². The van der Waals surface area contributed by atoms with E-state index < -0.39 is 0 Å². The van der Waals surface area contributed by atoms with E-state index in [-0.39, 0.29) is 18.0 Å². The van der Waals surface area contributed by atoms with Crippen LogP contribution in [0.4, 0.5) is 0 Å². The van der Waals surface area contributed by atoms with E-state index in [4.69, 9.17) is 25.8 Å². The van der Waals surface area contributed by atoms with Gasteiger partial charge in [-0.25, -0.2) is 0 Å². The molecule has 0 radical (unpaired) electrons. The molecule has 32 heavy (non-hydrogen) atoms. The largest absolute Gasteiger partial charge is 0.492 e. The fourth-order valence-electron chi connectivity index (χ4n) is 4.89. The summed E-state index contributed by atoms with van der Waals surface area (Å²) in [6.45, 7) is 2.59. The van der Waals surface area contributed by atoms with Crippen molar-refractivity contribution in [3.8, 4) is 22.6 Å². The number of rotatable bonds is 5. The van der Waals surface area contributed by atoms with Crippen molar-refractivity contribution in [3.63, 3.8) is 0 Å². The van der Waals surface area contributed by atoms with Gasteiger partial charge < -0.3 is 14.2 Å². The van der Waals surface area contributed by atoms with Gasteiger partial charge in [-0.1, -0.05) is 48.0 Å². The van der Waals surface area contributed by atoms with Crippen LogP contribution in [0, 0.1) is 6.92 Å². The van der Waals surface area contributed by atoms with Crippen molar-refractivity contribution >= 4 is 17.6 Å². The summed E-state index contributed by atoms with van der Waals surface area (Å²) in [6, 6.07) is 18.3. The van der Waals surface area contributed by atoms with E-state index in [0.29, 0.717) is 13.0 Å². The highest BCUT2D eigenvalue weighted by Gasteiger charge is 2.30. The Morgan fingerprint density at radius 3 is 2.78 bits per heavy atom. The molecule has 0 saturated heterocycles. The maximum Gasteiger partial charge on any atom is 0.306 e. The highest BCUT2D eigenvalue weighted by Crippen LogP contribution is 2.44. The molecule has 5 heteroatoms. The second-order valence-corrected chi connectivity index (χ2v) is 8.85. The number of esters is 1. The van der Waals surface area contributed by atoms with Crippen molar-refractivity contribution in [1.29, 1.82) is 0 Å². The van der Waals surface area contributed by atoms with Crippen LogP contribution in [-0.2, 0) is 16.0 Å². The van der Waals surface area contributed by atoms with Crippen molar-refractivity contribution in [2.45, 2.75) is 38.2 Å². The van der Waals surface area contributed by atoms with Crippen LogP contribution in [0.15, 0.2) is 54.6 Å². The summed E-state index contributed by atoms with van der Waals surface area (Å²) in [5, 5.41) is 0.778. The lowest BCUT2D eigenvalue weighted by Crippen LogP contribution is -2.09. The minimum Gasteiger partial charge on any atom is -0.492 e. The normalized spacial score (nSPS) is 18.6. The summed E-state index contributed by atoms with van der Waals surface area (Å²) in [5.74, 6) is 1.37. The zero-order chi connectivity index (χ0) is 22.2. The Hall–Kier alpha value is -2.98. The Morgan fingerprint density at radius 1 is 1.12 bits per heavy atom. The fraction of sp³-hybridized carbons (Fsp3) is 0.296. The van der Waals surface area contributed by atoms with E-state index in [1.807, 2.05) is 30.3 Å². The lowest BCUT2D eigenvalue weighted by molar-refractivity contribution is -0.141. The molecule has 164 valence electrons. The van der Waals surface area contributed by atoms with E-state index in [2.05, 4.69) is 31.2 Å². The predicted octanol–water partition coefficient (Wildman–Crippen LogP) is 6.42. The number of carbonyl (C=O) groups is 1. The molecule has 0 aromatic heterocycles. The average molecular weight is 449 g/mol. The number of ether oxygens (including phenoxy) is 3. The molecule has 2 unspecified atom stereocenters. The van der Waals surface area contributed by atoms with E-state index in [9.17, 15) is 4.79 Å². The number of methoxy groups -OCH3 is 1. The van der Waals surface area contributed by atoms with Gasteiger partial charge >= 0.3 is 5.97 Å². The lowest BCUT2D eigenvalue weighted by atomic mass is 9.94. The van der Waals surface area contributed by atoms with Crippen molar-refractivity contribution < 1.29 is 19.0 Å². The summed E-state index contributed by atoms with van der Waals surface area (Å²) in [4.78, 5) is 11.7. The molecule has 0 spiro atoms. The van der Waals surface area contributed by atoms with Crippen LogP contribution in [-0.4, -0.2) is 19.7 Å². The highest BCUT2D eigenvalue weighted by molar-refractivity contribution is 6.33. The van der Waals surface area contributed by atoms with Crippen LogP contribution in [0.3, 0.4) is 0 Å². The third kappa shape index (κ3) is 3.73. The molecular weight excluding hydrogens is 424 g/mol. The molecule has 0 fully saturated rings. The topological polar surface area (TPSA) is 44.8 Å². The molecule has 5 rings (SSSR count). The maximum absolute atomic E-state index is 11.7. The number of benzene rings is 3. The van der Waals surface area contributed by atoms with Gasteiger partial charge in [-0.15, -0.1) is 0 Å². The Bertz CT molecular complexity index is 1170. The molecule has 4 nitrogen and oxygen atoms in total. The molecular formula is C27H25ClO4. The third-order valence-corrected chi connectivity index (χ3v) is 6.81. The summed E-state index contributed by atoms with van der Waals surface area (Å²) in [5.41, 5.74) is 7.03. The van der Waals surface area contributed by atoms with Crippen molar-refractivity contribution in [1.82, 2.24) is 0 Å². The zero-order valence-corrected chi connectivity index (χ0v) is 18.9. The standard InChI is InChI=1S/C27H25ClO4/c1-16-5-3-8-23(28)27(16)22-7-4-6-21-20(22)11-12-24(21)32-18-9-10-19-17(13-26(29)30-2)15-31-25(19)14-18/h3-10,14,17,24H,11-13,15H2,1-2H3. The smallest absolute Gasteiger partial charge is 0.306 e. The Labute approximate surface area is 193 Å². The van der Waals surface area contributed by atoms with Crippen LogP contribution >= 0.6 is 11.6 Å². The first-order valence-corrected chi connectivity index (χ1v) is 11.3. The van der Waals surface area contributed by atoms with Gasteiger partial charge in [0.1, 0.15) is 17.6 Å². The molecule has 2 aliphatic rings. The van der Waals surface area contributed by atoms with Crippen molar-refractivity contribution in [2.24, 2.45) is 0 Å². The Kier molecular flexibility index (Phi) is 5.56. The number of hydrogen-bond donors (Lipinski definition) is 0. The fourth-order valence-corrected chi connectivity index (χ4v) is 5.22. The monoisotopic (exact) mass is 448 g/mol. The molecule has 1 aliphatic carbocycles. The van der Waals surface area contributed by atoms with E-state index in [1.165, 1.54) is 29.4 Å². The van der Waals surface area contributed by atoms with Gasteiger partial charge in [0.05, 0.1) is 20.1 Å². The quantitative estimate of drug-likeness (QED) is 0.422. The van der Waals surface area contributed by atoms with Gasteiger partial charge in [-0.2, -0.15) is 0 Å². The Balaban J connectivity index is 1.39. The van der Waals surface area contributed by atoms with Crippen LogP contribution in [0.5, 0.6) is 11.5 Å². The highest BCUT2D eigenvalue weighted by atomic mass is 35.5. The predicted molar refractivity (Wildman–Crippen MR) is 125 cm³/mol. The minimum absolute atomic E-state index is 0.0157. The molecule has 0 saturated carbocycles. The molecule has 2 atom stereocenters. The molecule has 1 aliphatic heterocycles. The SMILES string of the molecule is COC(=O)CC1COc2cc(OC3CCc4c(-c5c(C)cccc5Cl)cccc43)ccc21. The second kappa shape index (κ2) is 8.51. The molecule has 0 N–H and O–H groups in total. The number of halogens is 1. The first-order chi connectivity index (χ1) is 15.5. The van der Waals surface area contributed by atoms with Crippen LogP contribution < -0.4 is 9.47 Å². The van der Waals surface area contributed by atoms with Gasteiger partial charge in [0.15, 0.2) is 0 Å². The number of carbonyl (C=O) groups excluding carboxylic acids is 1.